The summed E-state index contributed by atoms with van der Waals surface area (Å²) in [6.45, 7) is 6.22. The van der Waals surface area contributed by atoms with Crippen LogP contribution in [-0.2, 0) is 6.42 Å². The molecule has 0 saturated heterocycles. The molecule has 0 saturated carbocycles. The van der Waals surface area contributed by atoms with E-state index in [9.17, 15) is 0 Å². The van der Waals surface area contributed by atoms with E-state index in [4.69, 9.17) is 5.84 Å². The summed E-state index contributed by atoms with van der Waals surface area (Å²) in [5, 5.41) is 2.11. The molecule has 0 unspecified atom stereocenters. The average molecular weight is 239 g/mol. The molecule has 0 aliphatic rings. The molecule has 16 heavy (non-hydrogen) atoms. The number of nitrogens with two attached hydrogens (primary N) is 1. The number of aliphatic imine (C=N–C) groups is 1. The number of amidine groups is 1. The quantitative estimate of drug-likeness (QED) is 0.367. The van der Waals surface area contributed by atoms with Crippen LogP contribution in [0.4, 0.5) is 0 Å². The first-order chi connectivity index (χ1) is 7.51. The number of hydrogen-bond donors (Lipinski definition) is 2. The first kappa shape index (κ1) is 13.2. The summed E-state index contributed by atoms with van der Waals surface area (Å²) in [6.07, 6.45) is 3.09. The van der Waals surface area contributed by atoms with Gasteiger partial charge in [-0.2, -0.15) is 0 Å². The van der Waals surface area contributed by atoms with Gasteiger partial charge in [-0.1, -0.05) is 6.07 Å². The van der Waals surface area contributed by atoms with Crippen LogP contribution >= 0.6 is 11.3 Å². The summed E-state index contributed by atoms with van der Waals surface area (Å²) in [6, 6.07) is 4.26. The van der Waals surface area contributed by atoms with Crippen molar-refractivity contribution in [3.63, 3.8) is 0 Å². The van der Waals surface area contributed by atoms with Gasteiger partial charge in [-0.15, -0.1) is 11.3 Å². The van der Waals surface area contributed by atoms with E-state index in [2.05, 4.69) is 48.7 Å². The van der Waals surface area contributed by atoms with Crippen molar-refractivity contribution in [3.8, 4) is 0 Å². The van der Waals surface area contributed by atoms with E-state index in [1.165, 1.54) is 4.88 Å². The highest BCUT2D eigenvalue weighted by atomic mass is 32.1. The van der Waals surface area contributed by atoms with Gasteiger partial charge in [0.25, 0.3) is 0 Å². The molecule has 1 aromatic rings. The van der Waals surface area contributed by atoms with Crippen LogP contribution in [-0.4, -0.2) is 11.4 Å². The van der Waals surface area contributed by atoms with Crippen LogP contribution in [0.5, 0.6) is 0 Å². The molecule has 0 radical (unpaired) electrons. The number of nitrogens with zero attached hydrogens (tertiary/aromatic N) is 1. The third-order valence-corrected chi connectivity index (χ3v) is 2.99. The number of nitrogens with one attached hydrogen (secondary N) is 1. The summed E-state index contributed by atoms with van der Waals surface area (Å²) < 4.78 is 0. The summed E-state index contributed by atoms with van der Waals surface area (Å²) >= 11 is 1.80. The van der Waals surface area contributed by atoms with Gasteiger partial charge in [-0.25, -0.2) is 5.84 Å². The molecule has 1 heterocycles. The summed E-state index contributed by atoms with van der Waals surface area (Å²) in [4.78, 5) is 5.95. The van der Waals surface area contributed by atoms with Crippen molar-refractivity contribution < 1.29 is 0 Å². The standard InChI is InChI=1S/C12H21N3S/c1-12(2,3)14-11(15-13)8-4-6-10-7-5-9-16-10/h5,7,9H,4,6,8,13H2,1-3H3,(H,14,15). The number of rotatable bonds is 4. The topological polar surface area (TPSA) is 50.4 Å². The zero-order chi connectivity index (χ0) is 12.0. The average Bonchev–Trinajstić information content (AvgIpc) is 2.67. The summed E-state index contributed by atoms with van der Waals surface area (Å²) in [7, 11) is 0. The fraction of sp³-hybridized carbons (Fsp3) is 0.583. The number of hydrazine groups is 1. The first-order valence-electron chi connectivity index (χ1n) is 5.59. The van der Waals surface area contributed by atoms with Gasteiger partial charge in [0.2, 0.25) is 0 Å². The monoisotopic (exact) mass is 239 g/mol. The Hall–Kier alpha value is -0.870. The number of hydrogen-bond acceptors (Lipinski definition) is 3. The number of aryl methyl sites for hydroxylation is 1. The lowest BCUT2D eigenvalue weighted by Gasteiger charge is -2.15. The second-order valence-corrected chi connectivity index (χ2v) is 5.84. The van der Waals surface area contributed by atoms with Crippen LogP contribution in [0.3, 0.4) is 0 Å². The maximum atomic E-state index is 5.46. The minimum Gasteiger partial charge on any atom is -0.312 e. The fourth-order valence-electron chi connectivity index (χ4n) is 1.45. The van der Waals surface area contributed by atoms with Crippen LogP contribution < -0.4 is 11.3 Å². The Morgan fingerprint density at radius 2 is 2.25 bits per heavy atom. The molecule has 0 aliphatic carbocycles. The first-order valence-corrected chi connectivity index (χ1v) is 6.47. The molecule has 4 heteroatoms. The van der Waals surface area contributed by atoms with E-state index in [0.29, 0.717) is 0 Å². The van der Waals surface area contributed by atoms with Crippen molar-refractivity contribution in [3.05, 3.63) is 22.4 Å². The Kier molecular flexibility index (Phi) is 4.96. The largest absolute Gasteiger partial charge is 0.312 e. The van der Waals surface area contributed by atoms with Crippen molar-refractivity contribution in [2.45, 2.75) is 45.6 Å². The van der Waals surface area contributed by atoms with E-state index in [1.807, 2.05) is 0 Å². The molecule has 90 valence electrons. The van der Waals surface area contributed by atoms with Crippen LogP contribution in [0, 0.1) is 0 Å². The van der Waals surface area contributed by atoms with E-state index < -0.39 is 0 Å². The molecule has 0 spiro atoms. The van der Waals surface area contributed by atoms with E-state index >= 15 is 0 Å². The SMILES string of the molecule is CC(C)(C)N=C(CCCc1cccs1)NN. The smallest absolute Gasteiger partial charge is 0.111 e. The molecule has 1 aromatic heterocycles. The Morgan fingerprint density at radius 3 is 2.75 bits per heavy atom. The second-order valence-electron chi connectivity index (χ2n) is 4.81. The summed E-state index contributed by atoms with van der Waals surface area (Å²) in [5.74, 6) is 6.35. The predicted molar refractivity (Wildman–Crippen MR) is 71.8 cm³/mol. The van der Waals surface area contributed by atoms with Gasteiger partial charge < -0.3 is 5.43 Å². The Labute approximate surface area is 102 Å². The maximum absolute atomic E-state index is 5.46. The lowest BCUT2D eigenvalue weighted by molar-refractivity contribution is 0.575. The van der Waals surface area contributed by atoms with Crippen LogP contribution in [0.1, 0.15) is 38.5 Å². The van der Waals surface area contributed by atoms with Crippen molar-refractivity contribution in [2.75, 3.05) is 0 Å². The van der Waals surface area contributed by atoms with Gasteiger partial charge in [0.1, 0.15) is 5.84 Å². The van der Waals surface area contributed by atoms with Gasteiger partial charge >= 0.3 is 0 Å². The molecular weight excluding hydrogens is 218 g/mol. The van der Waals surface area contributed by atoms with Gasteiger partial charge in [-0.3, -0.25) is 4.99 Å². The van der Waals surface area contributed by atoms with Gasteiger partial charge in [0.05, 0.1) is 5.54 Å². The van der Waals surface area contributed by atoms with Gasteiger partial charge in [0, 0.05) is 11.3 Å². The third kappa shape index (κ3) is 5.28. The van der Waals surface area contributed by atoms with E-state index in [0.717, 1.165) is 25.1 Å². The third-order valence-electron chi connectivity index (χ3n) is 2.05. The van der Waals surface area contributed by atoms with E-state index in [1.54, 1.807) is 11.3 Å². The summed E-state index contributed by atoms with van der Waals surface area (Å²) in [5.41, 5.74) is 2.63. The lowest BCUT2D eigenvalue weighted by atomic mass is 10.1. The molecule has 0 amide bonds. The molecule has 1 rings (SSSR count). The molecule has 0 atom stereocenters. The normalized spacial score (nSPS) is 12.9. The van der Waals surface area contributed by atoms with Crippen molar-refractivity contribution in [1.82, 2.24) is 5.43 Å². The highest BCUT2D eigenvalue weighted by Crippen LogP contribution is 2.13. The molecule has 0 aliphatic heterocycles. The van der Waals surface area contributed by atoms with Gasteiger partial charge in [0.15, 0.2) is 0 Å². The maximum Gasteiger partial charge on any atom is 0.111 e. The molecule has 0 fully saturated rings. The van der Waals surface area contributed by atoms with Crippen LogP contribution in [0.2, 0.25) is 0 Å². The van der Waals surface area contributed by atoms with Gasteiger partial charge in [-0.05, 0) is 45.1 Å². The minimum absolute atomic E-state index is 0.0648. The Bertz CT molecular complexity index is 323. The Balaban J connectivity index is 2.38. The molecular formula is C12H21N3S. The zero-order valence-corrected chi connectivity index (χ0v) is 11.1. The zero-order valence-electron chi connectivity index (χ0n) is 10.3. The predicted octanol–water partition coefficient (Wildman–Crippen LogP) is 2.73. The molecule has 0 bridgehead atoms. The van der Waals surface area contributed by atoms with E-state index in [-0.39, 0.29) is 5.54 Å². The highest BCUT2D eigenvalue weighted by Gasteiger charge is 2.09. The Morgan fingerprint density at radius 1 is 1.50 bits per heavy atom. The molecule has 3 nitrogen and oxygen atoms in total. The van der Waals surface area contributed by atoms with Crippen molar-refractivity contribution in [1.29, 1.82) is 0 Å². The van der Waals surface area contributed by atoms with Crippen molar-refractivity contribution >= 4 is 17.2 Å². The highest BCUT2D eigenvalue weighted by molar-refractivity contribution is 7.09. The van der Waals surface area contributed by atoms with Crippen LogP contribution in [0.15, 0.2) is 22.5 Å². The second kappa shape index (κ2) is 6.01. The lowest BCUT2D eigenvalue weighted by Crippen LogP contribution is -2.32. The molecule has 0 aromatic carbocycles. The fourth-order valence-corrected chi connectivity index (χ4v) is 2.20. The van der Waals surface area contributed by atoms with Crippen molar-refractivity contribution in [2.24, 2.45) is 10.8 Å². The van der Waals surface area contributed by atoms with Crippen LogP contribution in [0.25, 0.3) is 0 Å². The molecule has 3 N–H and O–H groups in total. The number of thiophene rings is 1. The minimum atomic E-state index is -0.0648.